The topological polar surface area (TPSA) is 98.8 Å². The molecule has 3 aromatic rings. The molecular weight excluding hydrogens is 328 g/mol. The van der Waals surface area contributed by atoms with Gasteiger partial charge in [-0.05, 0) is 12.5 Å². The van der Waals surface area contributed by atoms with E-state index in [1.807, 2.05) is 19.1 Å². The Labute approximate surface area is 151 Å². The average Bonchev–Trinajstić information content (AvgIpc) is 2.67. The van der Waals surface area contributed by atoms with Crippen molar-refractivity contribution in [3.63, 3.8) is 0 Å². The number of hydrogen-bond donors (Lipinski definition) is 2. The van der Waals surface area contributed by atoms with E-state index < -0.39 is 0 Å². The van der Waals surface area contributed by atoms with Gasteiger partial charge in [0.2, 0.25) is 11.8 Å². The van der Waals surface area contributed by atoms with Crippen LogP contribution >= 0.6 is 0 Å². The van der Waals surface area contributed by atoms with E-state index in [-0.39, 0.29) is 6.04 Å². The summed E-state index contributed by atoms with van der Waals surface area (Å²) in [6.07, 6.45) is 4.10. The summed E-state index contributed by atoms with van der Waals surface area (Å²) in [6, 6.07) is 8.30. The van der Waals surface area contributed by atoms with Gasteiger partial charge in [0.15, 0.2) is 0 Å². The van der Waals surface area contributed by atoms with Crippen LogP contribution in [0.5, 0.6) is 5.88 Å². The fraction of sp³-hybridized carbons (Fsp3) is 0.263. The van der Waals surface area contributed by atoms with Crippen LogP contribution in [0.25, 0.3) is 11.3 Å². The predicted octanol–water partition coefficient (Wildman–Crippen LogP) is 2.22. The van der Waals surface area contributed by atoms with E-state index in [2.05, 4.69) is 37.4 Å². The SMILES string of the molecule is COc1cncc(-c2ccccc2C2Cc3nc(N)nc(C)c3CN2)n1. The van der Waals surface area contributed by atoms with Gasteiger partial charge in [-0.2, -0.15) is 0 Å². The quantitative estimate of drug-likeness (QED) is 0.749. The van der Waals surface area contributed by atoms with Crippen LogP contribution in [0.15, 0.2) is 36.7 Å². The zero-order valence-corrected chi connectivity index (χ0v) is 14.7. The Bertz CT molecular complexity index is 959. The number of rotatable bonds is 3. The van der Waals surface area contributed by atoms with E-state index in [9.17, 15) is 0 Å². The first kappa shape index (κ1) is 16.4. The van der Waals surface area contributed by atoms with E-state index in [0.717, 1.165) is 40.2 Å². The van der Waals surface area contributed by atoms with Gasteiger partial charge in [0, 0.05) is 35.8 Å². The number of hydrogen-bond acceptors (Lipinski definition) is 7. The standard InChI is InChI=1S/C19H20N6O/c1-11-14-8-22-15(7-16(14)25-19(20)23-11)12-5-3-4-6-13(12)17-9-21-10-18(24-17)26-2/h3-6,9-10,15,22H,7-8H2,1-2H3,(H2,20,23,25). The molecule has 3 heterocycles. The summed E-state index contributed by atoms with van der Waals surface area (Å²) < 4.78 is 5.21. The maximum atomic E-state index is 5.84. The lowest BCUT2D eigenvalue weighted by Crippen LogP contribution is -2.31. The third-order valence-corrected chi connectivity index (χ3v) is 4.67. The second-order valence-electron chi connectivity index (χ2n) is 6.26. The van der Waals surface area contributed by atoms with Crippen LogP contribution in [0, 0.1) is 6.92 Å². The normalized spacial score (nSPS) is 16.2. The summed E-state index contributed by atoms with van der Waals surface area (Å²) >= 11 is 0. The lowest BCUT2D eigenvalue weighted by molar-refractivity contribution is 0.396. The molecule has 0 spiro atoms. The van der Waals surface area contributed by atoms with Crippen molar-refractivity contribution in [3.8, 4) is 17.1 Å². The Morgan fingerprint density at radius 3 is 2.85 bits per heavy atom. The number of methoxy groups -OCH3 is 1. The zero-order valence-electron chi connectivity index (χ0n) is 14.7. The number of nitrogens with one attached hydrogen (secondary N) is 1. The monoisotopic (exact) mass is 348 g/mol. The maximum Gasteiger partial charge on any atom is 0.232 e. The molecule has 2 aromatic heterocycles. The molecule has 1 aliphatic rings. The van der Waals surface area contributed by atoms with Crippen LogP contribution in [-0.2, 0) is 13.0 Å². The second kappa shape index (κ2) is 6.68. The molecule has 0 saturated carbocycles. The molecule has 0 radical (unpaired) electrons. The van der Waals surface area contributed by atoms with Crippen molar-refractivity contribution < 1.29 is 4.74 Å². The second-order valence-corrected chi connectivity index (χ2v) is 6.26. The minimum Gasteiger partial charge on any atom is -0.480 e. The Morgan fingerprint density at radius 2 is 2.00 bits per heavy atom. The van der Waals surface area contributed by atoms with Gasteiger partial charge >= 0.3 is 0 Å². The number of aryl methyl sites for hydroxylation is 1. The molecule has 26 heavy (non-hydrogen) atoms. The van der Waals surface area contributed by atoms with Gasteiger partial charge in [-0.25, -0.2) is 15.0 Å². The van der Waals surface area contributed by atoms with E-state index in [4.69, 9.17) is 10.5 Å². The number of ether oxygens (including phenoxy) is 1. The van der Waals surface area contributed by atoms with Gasteiger partial charge in [-0.3, -0.25) is 4.98 Å². The molecular formula is C19H20N6O. The van der Waals surface area contributed by atoms with Crippen molar-refractivity contribution >= 4 is 5.95 Å². The largest absolute Gasteiger partial charge is 0.480 e. The molecule has 132 valence electrons. The van der Waals surface area contributed by atoms with Crippen molar-refractivity contribution in [3.05, 3.63) is 59.2 Å². The number of benzene rings is 1. The Kier molecular flexibility index (Phi) is 4.22. The molecule has 0 amide bonds. The van der Waals surface area contributed by atoms with Gasteiger partial charge in [0.25, 0.3) is 0 Å². The Balaban J connectivity index is 1.73. The van der Waals surface area contributed by atoms with Crippen molar-refractivity contribution in [2.75, 3.05) is 12.8 Å². The van der Waals surface area contributed by atoms with E-state index in [0.29, 0.717) is 18.4 Å². The zero-order chi connectivity index (χ0) is 18.1. The van der Waals surface area contributed by atoms with Crippen LogP contribution in [0.1, 0.15) is 28.6 Å². The molecule has 0 saturated heterocycles. The average molecular weight is 348 g/mol. The first-order valence-corrected chi connectivity index (χ1v) is 8.46. The van der Waals surface area contributed by atoms with Crippen LogP contribution in [-0.4, -0.2) is 27.0 Å². The number of nitrogen functional groups attached to an aromatic ring is 1. The van der Waals surface area contributed by atoms with Crippen LogP contribution in [0.2, 0.25) is 0 Å². The van der Waals surface area contributed by atoms with Crippen molar-refractivity contribution in [2.45, 2.75) is 25.9 Å². The van der Waals surface area contributed by atoms with Crippen LogP contribution < -0.4 is 15.8 Å². The molecule has 0 aliphatic carbocycles. The molecule has 0 bridgehead atoms. The number of nitrogens with zero attached hydrogens (tertiary/aromatic N) is 4. The summed E-state index contributed by atoms with van der Waals surface area (Å²) in [6.45, 7) is 2.68. The Hall–Kier alpha value is -3.06. The highest BCUT2D eigenvalue weighted by atomic mass is 16.5. The highest BCUT2D eigenvalue weighted by Crippen LogP contribution is 2.32. The first-order chi connectivity index (χ1) is 12.7. The van der Waals surface area contributed by atoms with Crippen molar-refractivity contribution in [2.24, 2.45) is 0 Å². The minimum atomic E-state index is 0.111. The molecule has 3 N–H and O–H groups in total. The maximum absolute atomic E-state index is 5.84. The number of fused-ring (bicyclic) bond motifs is 1. The minimum absolute atomic E-state index is 0.111. The first-order valence-electron chi connectivity index (χ1n) is 8.46. The van der Waals surface area contributed by atoms with Crippen LogP contribution in [0.4, 0.5) is 5.95 Å². The molecule has 4 rings (SSSR count). The lowest BCUT2D eigenvalue weighted by atomic mass is 9.91. The fourth-order valence-electron chi connectivity index (χ4n) is 3.40. The van der Waals surface area contributed by atoms with Crippen molar-refractivity contribution in [1.82, 2.24) is 25.3 Å². The third-order valence-electron chi connectivity index (χ3n) is 4.67. The fourth-order valence-corrected chi connectivity index (χ4v) is 3.40. The molecule has 7 nitrogen and oxygen atoms in total. The van der Waals surface area contributed by atoms with E-state index >= 15 is 0 Å². The molecule has 1 aromatic carbocycles. The van der Waals surface area contributed by atoms with E-state index in [1.165, 1.54) is 0 Å². The Morgan fingerprint density at radius 1 is 1.15 bits per heavy atom. The molecule has 0 fully saturated rings. The van der Waals surface area contributed by atoms with Gasteiger partial charge in [0.1, 0.15) is 0 Å². The highest BCUT2D eigenvalue weighted by Gasteiger charge is 2.25. The molecule has 1 unspecified atom stereocenters. The molecule has 7 heteroatoms. The molecule has 1 aliphatic heterocycles. The lowest BCUT2D eigenvalue weighted by Gasteiger charge is -2.28. The summed E-state index contributed by atoms with van der Waals surface area (Å²) in [7, 11) is 1.59. The van der Waals surface area contributed by atoms with Crippen LogP contribution in [0.3, 0.4) is 0 Å². The molecule has 1 atom stereocenters. The summed E-state index contributed by atoms with van der Waals surface area (Å²) in [5.41, 5.74) is 11.9. The van der Waals surface area contributed by atoms with Crippen molar-refractivity contribution in [1.29, 1.82) is 0 Å². The van der Waals surface area contributed by atoms with Gasteiger partial charge < -0.3 is 15.8 Å². The highest BCUT2D eigenvalue weighted by molar-refractivity contribution is 5.64. The number of aromatic nitrogens is 4. The number of nitrogens with two attached hydrogens (primary N) is 1. The van der Waals surface area contributed by atoms with Gasteiger partial charge in [0.05, 0.1) is 30.9 Å². The summed E-state index contributed by atoms with van der Waals surface area (Å²) in [5, 5.41) is 3.59. The predicted molar refractivity (Wildman–Crippen MR) is 98.5 cm³/mol. The van der Waals surface area contributed by atoms with E-state index in [1.54, 1.807) is 19.5 Å². The third kappa shape index (κ3) is 2.97. The smallest absolute Gasteiger partial charge is 0.232 e. The number of anilines is 1. The summed E-state index contributed by atoms with van der Waals surface area (Å²) in [4.78, 5) is 17.5. The van der Waals surface area contributed by atoms with Gasteiger partial charge in [-0.1, -0.05) is 24.3 Å². The summed E-state index contributed by atoms with van der Waals surface area (Å²) in [5.74, 6) is 0.823. The van der Waals surface area contributed by atoms with Gasteiger partial charge in [-0.15, -0.1) is 0 Å².